The molecule has 6 heteroatoms. The van der Waals surface area contributed by atoms with E-state index < -0.39 is 10.0 Å². The van der Waals surface area contributed by atoms with E-state index >= 15 is 0 Å². The third-order valence-corrected chi connectivity index (χ3v) is 5.51. The number of nitrogens with zero attached hydrogens (tertiary/aromatic N) is 1. The van der Waals surface area contributed by atoms with Gasteiger partial charge in [0, 0.05) is 26.2 Å². The van der Waals surface area contributed by atoms with Crippen molar-refractivity contribution in [3.63, 3.8) is 0 Å². The maximum absolute atomic E-state index is 12.2. The third kappa shape index (κ3) is 5.88. The van der Waals surface area contributed by atoms with E-state index in [2.05, 4.69) is 26.1 Å². The molecule has 0 saturated carbocycles. The fourth-order valence-corrected chi connectivity index (χ4v) is 3.48. The molecule has 0 amide bonds. The van der Waals surface area contributed by atoms with E-state index in [1.54, 1.807) is 18.2 Å². The fraction of sp³-hybridized carbons (Fsp3) is 0.647. The van der Waals surface area contributed by atoms with Gasteiger partial charge in [0.05, 0.1) is 11.5 Å². The lowest BCUT2D eigenvalue weighted by Gasteiger charge is -2.28. The Morgan fingerprint density at radius 1 is 1.26 bits per heavy atom. The van der Waals surface area contributed by atoms with Gasteiger partial charge < -0.3 is 10.4 Å². The lowest BCUT2D eigenvalue weighted by molar-refractivity contribution is 0.190. The van der Waals surface area contributed by atoms with E-state index in [4.69, 9.17) is 0 Å². The number of aliphatic hydroxyl groups is 1. The predicted octanol–water partition coefficient (Wildman–Crippen LogP) is 2.38. The molecule has 0 bridgehead atoms. The van der Waals surface area contributed by atoms with E-state index in [1.165, 1.54) is 18.4 Å². The molecule has 2 atom stereocenters. The van der Waals surface area contributed by atoms with Gasteiger partial charge in [0.1, 0.15) is 0 Å². The van der Waals surface area contributed by atoms with Crippen molar-refractivity contribution in [2.45, 2.75) is 51.1 Å². The summed E-state index contributed by atoms with van der Waals surface area (Å²) in [7, 11) is -0.394. The van der Waals surface area contributed by atoms with Crippen LogP contribution in [-0.4, -0.2) is 44.6 Å². The Balaban J connectivity index is 2.95. The monoisotopic (exact) mass is 342 g/mol. The first kappa shape index (κ1) is 20.1. The van der Waals surface area contributed by atoms with Gasteiger partial charge in [-0.05, 0) is 36.5 Å². The Morgan fingerprint density at radius 2 is 1.87 bits per heavy atom. The molecule has 0 fully saturated rings. The molecule has 2 N–H and O–H groups in total. The summed E-state index contributed by atoms with van der Waals surface area (Å²) >= 11 is 0. The van der Waals surface area contributed by atoms with Crippen molar-refractivity contribution in [2.24, 2.45) is 5.41 Å². The molecular formula is C17H30N2O3S. The minimum atomic E-state index is -3.44. The number of rotatable bonds is 7. The van der Waals surface area contributed by atoms with Crippen LogP contribution in [0, 0.1) is 5.41 Å². The summed E-state index contributed by atoms with van der Waals surface area (Å²) in [4.78, 5) is 0.282. The zero-order valence-corrected chi connectivity index (χ0v) is 15.8. The lowest BCUT2D eigenvalue weighted by atomic mass is 9.88. The van der Waals surface area contributed by atoms with E-state index in [0.29, 0.717) is 0 Å². The molecule has 0 heterocycles. The van der Waals surface area contributed by atoms with Crippen molar-refractivity contribution < 1.29 is 13.5 Å². The second-order valence-electron chi connectivity index (χ2n) is 7.39. The van der Waals surface area contributed by atoms with Crippen LogP contribution >= 0.6 is 0 Å². The van der Waals surface area contributed by atoms with E-state index in [-0.39, 0.29) is 29.0 Å². The molecule has 0 aliphatic carbocycles. The molecule has 0 saturated heterocycles. The highest BCUT2D eigenvalue weighted by atomic mass is 32.2. The molecule has 0 aromatic heterocycles. The van der Waals surface area contributed by atoms with Crippen molar-refractivity contribution in [1.82, 2.24) is 9.62 Å². The van der Waals surface area contributed by atoms with Gasteiger partial charge in [-0.1, -0.05) is 32.9 Å². The zero-order chi connectivity index (χ0) is 17.8. The average molecular weight is 343 g/mol. The summed E-state index contributed by atoms with van der Waals surface area (Å²) in [6.45, 7) is 8.43. The van der Waals surface area contributed by atoms with Crippen LogP contribution in [0.25, 0.3) is 0 Å². The number of benzene rings is 1. The molecule has 132 valence electrons. The van der Waals surface area contributed by atoms with Crippen LogP contribution < -0.4 is 5.32 Å². The highest BCUT2D eigenvalue weighted by Gasteiger charge is 2.22. The molecule has 0 aliphatic heterocycles. The van der Waals surface area contributed by atoms with Crippen molar-refractivity contribution >= 4 is 10.0 Å². The number of sulfonamides is 1. The minimum Gasteiger partial charge on any atom is -0.395 e. The molecule has 1 aromatic rings. The molecule has 0 aliphatic rings. The number of nitrogens with one attached hydrogen (secondary N) is 1. The van der Waals surface area contributed by atoms with Gasteiger partial charge in [-0.25, -0.2) is 12.7 Å². The van der Waals surface area contributed by atoms with Crippen molar-refractivity contribution in [3.05, 3.63) is 29.8 Å². The smallest absolute Gasteiger partial charge is 0.242 e. The maximum atomic E-state index is 12.2. The summed E-state index contributed by atoms with van der Waals surface area (Å²) in [6.07, 6.45) is 0.837. The van der Waals surface area contributed by atoms with Crippen LogP contribution in [0.5, 0.6) is 0 Å². The summed E-state index contributed by atoms with van der Waals surface area (Å²) in [5.41, 5.74) is 0.997. The summed E-state index contributed by atoms with van der Waals surface area (Å²) in [5, 5.41) is 13.0. The first-order valence-corrected chi connectivity index (χ1v) is 9.31. The van der Waals surface area contributed by atoms with Gasteiger partial charge in [-0.2, -0.15) is 0 Å². The van der Waals surface area contributed by atoms with Crippen LogP contribution in [0.1, 0.15) is 45.7 Å². The normalized spacial score (nSPS) is 15.7. The lowest BCUT2D eigenvalue weighted by Crippen LogP contribution is -2.37. The zero-order valence-electron chi connectivity index (χ0n) is 15.0. The van der Waals surface area contributed by atoms with Crippen LogP contribution in [-0.2, 0) is 10.0 Å². The van der Waals surface area contributed by atoms with E-state index in [1.807, 2.05) is 13.0 Å². The van der Waals surface area contributed by atoms with Crippen LogP contribution in [0.3, 0.4) is 0 Å². The Morgan fingerprint density at radius 3 is 2.35 bits per heavy atom. The van der Waals surface area contributed by atoms with Crippen molar-refractivity contribution in [3.8, 4) is 0 Å². The highest BCUT2D eigenvalue weighted by molar-refractivity contribution is 7.89. The van der Waals surface area contributed by atoms with Crippen LogP contribution in [0.15, 0.2) is 29.2 Å². The van der Waals surface area contributed by atoms with Gasteiger partial charge in [0.2, 0.25) is 10.0 Å². The largest absolute Gasteiger partial charge is 0.395 e. The van der Waals surface area contributed by atoms with E-state index in [0.717, 1.165) is 12.0 Å². The quantitative estimate of drug-likeness (QED) is 0.798. The summed E-state index contributed by atoms with van der Waals surface area (Å²) in [5.74, 6) is 0. The highest BCUT2D eigenvalue weighted by Crippen LogP contribution is 2.24. The Hall–Kier alpha value is -0.950. The predicted molar refractivity (Wildman–Crippen MR) is 93.8 cm³/mol. The van der Waals surface area contributed by atoms with Crippen molar-refractivity contribution in [2.75, 3.05) is 20.7 Å². The standard InChI is InChI=1S/C17H30N2O3S/c1-13(18-15(12-20)11-17(2,3)4)14-8-7-9-16(10-14)23(21,22)19(5)6/h7-10,13,15,18,20H,11-12H2,1-6H3. The molecule has 23 heavy (non-hydrogen) atoms. The number of hydrogen-bond acceptors (Lipinski definition) is 4. The van der Waals surface area contributed by atoms with Gasteiger partial charge in [-0.3, -0.25) is 0 Å². The third-order valence-electron chi connectivity index (χ3n) is 3.70. The first-order valence-electron chi connectivity index (χ1n) is 7.87. The first-order chi connectivity index (χ1) is 10.5. The minimum absolute atomic E-state index is 0.0286. The second-order valence-corrected chi connectivity index (χ2v) is 9.54. The van der Waals surface area contributed by atoms with Crippen molar-refractivity contribution in [1.29, 1.82) is 0 Å². The Bertz CT molecular complexity index is 607. The molecule has 2 unspecified atom stereocenters. The van der Waals surface area contributed by atoms with Crippen LogP contribution in [0.4, 0.5) is 0 Å². The molecule has 0 radical (unpaired) electrons. The Labute approximate surface area is 140 Å². The number of aliphatic hydroxyl groups excluding tert-OH is 1. The number of hydrogen-bond donors (Lipinski definition) is 2. The fourth-order valence-electron chi connectivity index (χ4n) is 2.52. The van der Waals surface area contributed by atoms with E-state index in [9.17, 15) is 13.5 Å². The maximum Gasteiger partial charge on any atom is 0.242 e. The van der Waals surface area contributed by atoms with Crippen LogP contribution in [0.2, 0.25) is 0 Å². The summed E-state index contributed by atoms with van der Waals surface area (Å²) < 4.78 is 25.7. The SMILES string of the molecule is CC(NC(CO)CC(C)(C)C)c1cccc(S(=O)(=O)N(C)C)c1. The molecule has 1 aromatic carbocycles. The topological polar surface area (TPSA) is 69.6 Å². The summed E-state index contributed by atoms with van der Waals surface area (Å²) in [6, 6.07) is 6.87. The molecule has 1 rings (SSSR count). The molecule has 5 nitrogen and oxygen atoms in total. The average Bonchev–Trinajstić information content (AvgIpc) is 2.45. The van der Waals surface area contributed by atoms with Gasteiger partial charge in [0.25, 0.3) is 0 Å². The van der Waals surface area contributed by atoms with Gasteiger partial charge in [-0.15, -0.1) is 0 Å². The molecular weight excluding hydrogens is 312 g/mol. The molecule has 0 spiro atoms. The van der Waals surface area contributed by atoms with Gasteiger partial charge >= 0.3 is 0 Å². The Kier molecular flexibility index (Phi) is 6.77. The second kappa shape index (κ2) is 7.75. The van der Waals surface area contributed by atoms with Gasteiger partial charge in [0.15, 0.2) is 0 Å².